The molecule has 1 aliphatic carbocycles. The second-order valence-corrected chi connectivity index (χ2v) is 7.82. The molecule has 1 aromatic carbocycles. The number of fused-ring (bicyclic) bond motifs is 1. The first-order valence-corrected chi connectivity index (χ1v) is 9.81. The third kappa shape index (κ3) is 5.11. The molecule has 0 bridgehead atoms. The zero-order valence-corrected chi connectivity index (χ0v) is 16.8. The van der Waals surface area contributed by atoms with E-state index in [0.717, 1.165) is 6.07 Å². The number of halogens is 5. The Balaban J connectivity index is 2.04. The molecule has 12 heteroatoms. The van der Waals surface area contributed by atoms with Gasteiger partial charge in [-0.05, 0) is 49.8 Å². The van der Waals surface area contributed by atoms with Gasteiger partial charge in [-0.25, -0.2) is 9.18 Å². The molecule has 2 aromatic rings. The van der Waals surface area contributed by atoms with Crippen molar-refractivity contribution in [3.05, 3.63) is 54.9 Å². The van der Waals surface area contributed by atoms with E-state index in [1.54, 1.807) is 4.57 Å². The number of carboxylic acid groups (broad SMARTS) is 1. The normalized spacial score (nSPS) is 15.0. The number of carboxylic acids is 1. The summed E-state index contributed by atoms with van der Waals surface area (Å²) in [7, 11) is 0. The first-order valence-electron chi connectivity index (χ1n) is 9.44. The van der Waals surface area contributed by atoms with E-state index < -0.39 is 41.4 Å². The minimum atomic E-state index is -4.52. The molecule has 0 radical (unpaired) electrons. The summed E-state index contributed by atoms with van der Waals surface area (Å²) in [6, 6.07) is 0.688. The van der Waals surface area contributed by atoms with Crippen molar-refractivity contribution in [3.63, 3.8) is 0 Å². The molecule has 1 heterocycles. The van der Waals surface area contributed by atoms with E-state index in [2.05, 4.69) is 10.0 Å². The second kappa shape index (κ2) is 8.76. The lowest BCUT2D eigenvalue weighted by molar-refractivity contribution is -0.138. The van der Waals surface area contributed by atoms with Crippen LogP contribution in [0.5, 0.6) is 0 Å². The van der Waals surface area contributed by atoms with Crippen molar-refractivity contribution in [2.45, 2.75) is 56.8 Å². The molecule has 166 valence electrons. The van der Waals surface area contributed by atoms with Crippen LogP contribution in [0, 0.1) is 5.82 Å². The van der Waals surface area contributed by atoms with E-state index in [0.29, 0.717) is 12.8 Å². The molecular formula is C19H17ClF4N4O3. The third-order valence-electron chi connectivity index (χ3n) is 5.11. The average Bonchev–Trinajstić information content (AvgIpc) is 3.47. The Morgan fingerprint density at radius 2 is 2.06 bits per heavy atom. The van der Waals surface area contributed by atoms with Crippen molar-refractivity contribution in [1.82, 2.24) is 4.57 Å². The van der Waals surface area contributed by atoms with Crippen LogP contribution in [0.15, 0.2) is 22.0 Å². The number of aromatic nitrogens is 1. The minimum Gasteiger partial charge on any atom is -0.477 e. The SMILES string of the molecule is [N-]=[N+]=NC(CCCc1c(C(=O)O)c(=O)c2cc(F)c(Cl)cc2n1C1CC1)CC(F)(F)F. The summed E-state index contributed by atoms with van der Waals surface area (Å²) in [4.78, 5) is 27.1. The summed E-state index contributed by atoms with van der Waals surface area (Å²) in [6.45, 7) is 0. The van der Waals surface area contributed by atoms with Gasteiger partial charge in [0, 0.05) is 28.1 Å². The maximum Gasteiger partial charge on any atom is 0.389 e. The Bertz CT molecular complexity index is 1140. The lowest BCUT2D eigenvalue weighted by Gasteiger charge is -2.20. The molecule has 1 fully saturated rings. The second-order valence-electron chi connectivity index (χ2n) is 7.41. The standard InChI is InChI=1S/C19H17ClF4N4O3/c20-12-7-15-11(6-13(12)21)17(29)16(18(30)31)14(28(15)10-4-5-10)3-1-2-9(26-27-25)8-19(22,23)24/h6-7,9-10H,1-5,8H2,(H,30,31). The highest BCUT2D eigenvalue weighted by atomic mass is 35.5. The monoisotopic (exact) mass is 460 g/mol. The van der Waals surface area contributed by atoms with Crippen LogP contribution in [0.4, 0.5) is 17.6 Å². The van der Waals surface area contributed by atoms with Gasteiger partial charge in [0.1, 0.15) is 11.4 Å². The molecule has 7 nitrogen and oxygen atoms in total. The average molecular weight is 461 g/mol. The molecule has 0 amide bonds. The van der Waals surface area contributed by atoms with Crippen molar-refractivity contribution in [2.75, 3.05) is 0 Å². The van der Waals surface area contributed by atoms with Gasteiger partial charge in [-0.1, -0.05) is 16.7 Å². The first-order chi connectivity index (χ1) is 14.5. The van der Waals surface area contributed by atoms with Crippen molar-refractivity contribution >= 4 is 28.5 Å². The first kappa shape index (κ1) is 22.9. The number of carbonyl (C=O) groups is 1. The molecule has 0 saturated heterocycles. The topological polar surface area (TPSA) is 108 Å². The minimum absolute atomic E-state index is 0.0341. The fourth-order valence-corrected chi connectivity index (χ4v) is 3.87. The number of nitrogens with zero attached hydrogens (tertiary/aromatic N) is 4. The van der Waals surface area contributed by atoms with Crippen molar-refractivity contribution < 1.29 is 27.5 Å². The van der Waals surface area contributed by atoms with Crippen LogP contribution in [0.3, 0.4) is 0 Å². The van der Waals surface area contributed by atoms with Gasteiger partial charge in [0.05, 0.1) is 17.0 Å². The van der Waals surface area contributed by atoms with E-state index in [4.69, 9.17) is 17.1 Å². The van der Waals surface area contributed by atoms with E-state index in [9.17, 15) is 32.3 Å². The highest BCUT2D eigenvalue weighted by molar-refractivity contribution is 6.31. The van der Waals surface area contributed by atoms with Gasteiger partial charge in [0.15, 0.2) is 0 Å². The number of aromatic carboxylic acids is 1. The number of hydrogen-bond acceptors (Lipinski definition) is 3. The molecule has 1 aromatic heterocycles. The van der Waals surface area contributed by atoms with Crippen LogP contribution in [0.1, 0.15) is 54.2 Å². The van der Waals surface area contributed by atoms with E-state index in [1.807, 2.05) is 0 Å². The summed E-state index contributed by atoms with van der Waals surface area (Å²) in [5.74, 6) is -2.37. The van der Waals surface area contributed by atoms with Crippen molar-refractivity contribution in [1.29, 1.82) is 0 Å². The Morgan fingerprint density at radius 1 is 1.39 bits per heavy atom. The molecule has 1 saturated carbocycles. The smallest absolute Gasteiger partial charge is 0.389 e. The fraction of sp³-hybridized carbons (Fsp3) is 0.474. The molecule has 0 aliphatic heterocycles. The van der Waals surface area contributed by atoms with Crippen LogP contribution in [-0.4, -0.2) is 27.9 Å². The van der Waals surface area contributed by atoms with Crippen LogP contribution in [-0.2, 0) is 6.42 Å². The Hall–Kier alpha value is -2.78. The zero-order valence-electron chi connectivity index (χ0n) is 16.0. The summed E-state index contributed by atoms with van der Waals surface area (Å²) in [5.41, 5.74) is 7.51. The molecule has 1 unspecified atom stereocenters. The van der Waals surface area contributed by atoms with Gasteiger partial charge in [0.25, 0.3) is 0 Å². The van der Waals surface area contributed by atoms with Crippen molar-refractivity contribution in [2.24, 2.45) is 5.11 Å². The molecule has 1 N–H and O–H groups in total. The van der Waals surface area contributed by atoms with Crippen molar-refractivity contribution in [3.8, 4) is 0 Å². The summed E-state index contributed by atoms with van der Waals surface area (Å²) >= 11 is 5.87. The number of benzene rings is 1. The Labute approximate surface area is 177 Å². The maximum absolute atomic E-state index is 14.0. The van der Waals surface area contributed by atoms with Crippen LogP contribution in [0.2, 0.25) is 5.02 Å². The number of hydrogen-bond donors (Lipinski definition) is 1. The van der Waals surface area contributed by atoms with Gasteiger partial charge < -0.3 is 9.67 Å². The molecule has 1 aliphatic rings. The predicted octanol–water partition coefficient (Wildman–Crippen LogP) is 5.78. The quantitative estimate of drug-likeness (QED) is 0.233. The third-order valence-corrected chi connectivity index (χ3v) is 5.40. The summed E-state index contributed by atoms with van der Waals surface area (Å²) in [6.07, 6.45) is -4.55. The highest BCUT2D eigenvalue weighted by Crippen LogP contribution is 2.40. The fourth-order valence-electron chi connectivity index (χ4n) is 3.71. The lowest BCUT2D eigenvalue weighted by atomic mass is 10.00. The molecule has 31 heavy (non-hydrogen) atoms. The van der Waals surface area contributed by atoms with Gasteiger partial charge in [0.2, 0.25) is 5.43 Å². The summed E-state index contributed by atoms with van der Waals surface area (Å²) in [5, 5.41) is 12.5. The lowest BCUT2D eigenvalue weighted by Crippen LogP contribution is -2.25. The van der Waals surface area contributed by atoms with Crippen LogP contribution in [0.25, 0.3) is 21.3 Å². The Morgan fingerprint density at radius 3 is 2.61 bits per heavy atom. The molecule has 3 rings (SSSR count). The number of pyridine rings is 1. The zero-order chi connectivity index (χ0) is 22.9. The van der Waals surface area contributed by atoms with Crippen LogP contribution < -0.4 is 5.43 Å². The molecule has 1 atom stereocenters. The number of azide groups is 1. The summed E-state index contributed by atoms with van der Waals surface area (Å²) < 4.78 is 53.6. The van der Waals surface area contributed by atoms with E-state index >= 15 is 0 Å². The largest absolute Gasteiger partial charge is 0.477 e. The molecular weight excluding hydrogens is 444 g/mol. The van der Waals surface area contributed by atoms with E-state index in [1.165, 1.54) is 6.07 Å². The maximum atomic E-state index is 14.0. The highest BCUT2D eigenvalue weighted by Gasteiger charge is 2.33. The van der Waals surface area contributed by atoms with Gasteiger partial charge >= 0.3 is 12.1 Å². The predicted molar refractivity (Wildman–Crippen MR) is 105 cm³/mol. The number of rotatable bonds is 8. The van der Waals surface area contributed by atoms with Crippen LogP contribution >= 0.6 is 11.6 Å². The van der Waals surface area contributed by atoms with E-state index in [-0.39, 0.29) is 46.9 Å². The molecule has 0 spiro atoms. The number of alkyl halides is 3. The Kier molecular flexibility index (Phi) is 6.47. The van der Waals surface area contributed by atoms with Gasteiger partial charge in [-0.3, -0.25) is 4.79 Å². The van der Waals surface area contributed by atoms with Gasteiger partial charge in [-0.2, -0.15) is 13.2 Å². The van der Waals surface area contributed by atoms with Gasteiger partial charge in [-0.15, -0.1) is 0 Å².